The number of carbonyl (C=O) groups is 2. The van der Waals surface area contributed by atoms with Crippen LogP contribution in [0, 0.1) is 0 Å². The third-order valence-electron chi connectivity index (χ3n) is 4.07. The van der Waals surface area contributed by atoms with E-state index in [4.69, 9.17) is 0 Å². The van der Waals surface area contributed by atoms with Gasteiger partial charge in [0.2, 0.25) is 0 Å². The van der Waals surface area contributed by atoms with Crippen molar-refractivity contribution in [3.8, 4) is 11.1 Å². The average Bonchev–Trinajstić information content (AvgIpc) is 3.11. The molecule has 3 aromatic rings. The molecular weight excluding hydrogens is 328 g/mol. The maximum Gasteiger partial charge on any atom is 0.150 e. The fraction of sp³-hybridized carbons (Fsp3) is 0.0909. The molecule has 0 aliphatic heterocycles. The van der Waals surface area contributed by atoms with Crippen LogP contribution in [0.4, 0.5) is 0 Å². The number of hydrogen-bond acceptors (Lipinski definition) is 3. The maximum absolute atomic E-state index is 11.2. The van der Waals surface area contributed by atoms with Crippen LogP contribution >= 0.6 is 11.3 Å². The summed E-state index contributed by atoms with van der Waals surface area (Å²) >= 11 is 1.71. The van der Waals surface area contributed by atoms with Gasteiger partial charge in [-0.2, -0.15) is 0 Å². The molecule has 0 saturated carbocycles. The summed E-state index contributed by atoms with van der Waals surface area (Å²) in [7, 11) is 0. The number of rotatable bonds is 6. The summed E-state index contributed by atoms with van der Waals surface area (Å²) in [4.78, 5) is 24.4. The second kappa shape index (κ2) is 7.86. The van der Waals surface area contributed by atoms with E-state index in [0.29, 0.717) is 5.56 Å². The van der Waals surface area contributed by atoms with Crippen LogP contribution < -0.4 is 0 Å². The summed E-state index contributed by atoms with van der Waals surface area (Å²) in [5.74, 6) is 0. The van der Waals surface area contributed by atoms with Gasteiger partial charge in [-0.25, -0.2) is 0 Å². The van der Waals surface area contributed by atoms with E-state index in [-0.39, 0.29) is 0 Å². The Morgan fingerprint density at radius 1 is 1.00 bits per heavy atom. The van der Waals surface area contributed by atoms with Gasteiger partial charge >= 0.3 is 0 Å². The normalized spacial score (nSPS) is 11.3. The van der Waals surface area contributed by atoms with Gasteiger partial charge in [0, 0.05) is 20.9 Å². The lowest BCUT2D eigenvalue weighted by Gasteiger charge is -2.05. The van der Waals surface area contributed by atoms with Crippen LogP contribution in [-0.4, -0.2) is 12.6 Å². The Balaban J connectivity index is 2.08. The minimum Gasteiger partial charge on any atom is -0.299 e. The SMILES string of the molecule is CCc1sc(C(=CC=O)c2ccc(C=O)cc2)cc1-c1ccccc1. The minimum atomic E-state index is 0.625. The molecular formula is C22H18O2S. The number of thiophene rings is 1. The summed E-state index contributed by atoms with van der Waals surface area (Å²) in [6.45, 7) is 2.14. The van der Waals surface area contributed by atoms with Gasteiger partial charge in [0.05, 0.1) is 0 Å². The van der Waals surface area contributed by atoms with Crippen LogP contribution in [0.1, 0.15) is 32.6 Å². The molecule has 0 amide bonds. The van der Waals surface area contributed by atoms with Gasteiger partial charge in [-0.3, -0.25) is 9.59 Å². The molecule has 0 aliphatic rings. The van der Waals surface area contributed by atoms with Crippen molar-refractivity contribution < 1.29 is 9.59 Å². The highest BCUT2D eigenvalue weighted by atomic mass is 32.1. The molecule has 0 fully saturated rings. The lowest BCUT2D eigenvalue weighted by atomic mass is 10.00. The van der Waals surface area contributed by atoms with Crippen molar-refractivity contribution in [1.82, 2.24) is 0 Å². The second-order valence-corrected chi connectivity index (χ2v) is 6.76. The third-order valence-corrected chi connectivity index (χ3v) is 5.39. The van der Waals surface area contributed by atoms with E-state index in [0.717, 1.165) is 35.0 Å². The zero-order chi connectivity index (χ0) is 17.6. The standard InChI is InChI=1S/C22H18O2S/c1-2-21-20(17-6-4-3-5-7-17)14-22(25-21)19(12-13-23)18-10-8-16(15-24)9-11-18/h3-15H,2H2,1H3. The molecule has 0 unspecified atom stereocenters. The van der Waals surface area contributed by atoms with Gasteiger partial charge in [-0.15, -0.1) is 11.3 Å². The van der Waals surface area contributed by atoms with Crippen molar-refractivity contribution >= 4 is 29.5 Å². The topological polar surface area (TPSA) is 34.1 Å². The first kappa shape index (κ1) is 17.1. The number of hydrogen-bond donors (Lipinski definition) is 0. The maximum atomic E-state index is 11.2. The molecule has 2 aromatic carbocycles. The first-order chi connectivity index (χ1) is 12.3. The predicted molar refractivity (Wildman–Crippen MR) is 104 cm³/mol. The van der Waals surface area contributed by atoms with E-state index in [2.05, 4.69) is 25.1 Å². The van der Waals surface area contributed by atoms with Crippen LogP contribution in [0.25, 0.3) is 16.7 Å². The Kier molecular flexibility index (Phi) is 5.36. The van der Waals surface area contributed by atoms with Crippen LogP contribution in [0.2, 0.25) is 0 Å². The Morgan fingerprint density at radius 3 is 2.32 bits per heavy atom. The molecule has 25 heavy (non-hydrogen) atoms. The monoisotopic (exact) mass is 346 g/mol. The number of aryl methyl sites for hydroxylation is 1. The van der Waals surface area contributed by atoms with Gasteiger partial charge in [0.1, 0.15) is 12.6 Å². The number of allylic oxidation sites excluding steroid dienone is 1. The van der Waals surface area contributed by atoms with Crippen molar-refractivity contribution in [1.29, 1.82) is 0 Å². The largest absolute Gasteiger partial charge is 0.299 e. The molecule has 0 bridgehead atoms. The Bertz CT molecular complexity index is 903. The molecule has 3 heteroatoms. The van der Waals surface area contributed by atoms with E-state index in [9.17, 15) is 9.59 Å². The zero-order valence-electron chi connectivity index (χ0n) is 13.9. The van der Waals surface area contributed by atoms with Crippen molar-refractivity contribution in [2.24, 2.45) is 0 Å². The molecule has 0 N–H and O–H groups in total. The van der Waals surface area contributed by atoms with Crippen LogP contribution in [-0.2, 0) is 11.2 Å². The summed E-state index contributed by atoms with van der Waals surface area (Å²) in [5, 5.41) is 0. The summed E-state index contributed by atoms with van der Waals surface area (Å²) < 4.78 is 0. The lowest BCUT2D eigenvalue weighted by molar-refractivity contribution is -0.104. The van der Waals surface area contributed by atoms with Crippen molar-refractivity contribution in [2.75, 3.05) is 0 Å². The summed E-state index contributed by atoms with van der Waals surface area (Å²) in [5.41, 5.74) is 4.84. The minimum absolute atomic E-state index is 0.625. The lowest BCUT2D eigenvalue weighted by Crippen LogP contribution is -1.87. The zero-order valence-corrected chi connectivity index (χ0v) is 14.8. The average molecular weight is 346 g/mol. The van der Waals surface area contributed by atoms with E-state index in [1.54, 1.807) is 29.5 Å². The first-order valence-corrected chi connectivity index (χ1v) is 8.98. The highest BCUT2D eigenvalue weighted by Crippen LogP contribution is 2.37. The Labute approximate surface area is 151 Å². The van der Waals surface area contributed by atoms with Crippen molar-refractivity contribution in [2.45, 2.75) is 13.3 Å². The number of benzene rings is 2. The van der Waals surface area contributed by atoms with Gasteiger partial charge in [-0.1, -0.05) is 61.5 Å². The second-order valence-electron chi connectivity index (χ2n) is 5.62. The molecule has 0 saturated heterocycles. The van der Waals surface area contributed by atoms with Crippen LogP contribution in [0.15, 0.2) is 66.7 Å². The third kappa shape index (κ3) is 3.67. The molecule has 2 nitrogen and oxygen atoms in total. The molecule has 1 aromatic heterocycles. The van der Waals surface area contributed by atoms with Gasteiger partial charge in [0.25, 0.3) is 0 Å². The van der Waals surface area contributed by atoms with E-state index in [1.807, 2.05) is 30.3 Å². The van der Waals surface area contributed by atoms with Crippen LogP contribution in [0.3, 0.4) is 0 Å². The molecule has 0 radical (unpaired) electrons. The van der Waals surface area contributed by atoms with Crippen molar-refractivity contribution in [3.63, 3.8) is 0 Å². The quantitative estimate of drug-likeness (QED) is 0.441. The molecule has 124 valence electrons. The fourth-order valence-electron chi connectivity index (χ4n) is 2.82. The fourth-order valence-corrected chi connectivity index (χ4v) is 3.99. The van der Waals surface area contributed by atoms with Crippen LogP contribution in [0.5, 0.6) is 0 Å². The van der Waals surface area contributed by atoms with E-state index >= 15 is 0 Å². The van der Waals surface area contributed by atoms with Crippen molar-refractivity contribution in [3.05, 3.63) is 87.6 Å². The molecule has 0 aliphatic carbocycles. The van der Waals surface area contributed by atoms with Gasteiger partial charge < -0.3 is 0 Å². The Morgan fingerprint density at radius 2 is 1.72 bits per heavy atom. The highest BCUT2D eigenvalue weighted by molar-refractivity contribution is 7.13. The predicted octanol–water partition coefficient (Wildman–Crippen LogP) is 5.42. The summed E-state index contributed by atoms with van der Waals surface area (Å²) in [6, 6.07) is 19.7. The number of carbonyl (C=O) groups excluding carboxylic acids is 2. The molecule has 0 atom stereocenters. The van der Waals surface area contributed by atoms with E-state index < -0.39 is 0 Å². The van der Waals surface area contributed by atoms with Gasteiger partial charge in [0.15, 0.2) is 0 Å². The first-order valence-electron chi connectivity index (χ1n) is 8.16. The Hall–Kier alpha value is -2.78. The number of aldehydes is 2. The molecule has 0 spiro atoms. The molecule has 1 heterocycles. The summed E-state index contributed by atoms with van der Waals surface area (Å²) in [6.07, 6.45) is 4.17. The van der Waals surface area contributed by atoms with Gasteiger partial charge in [-0.05, 0) is 35.3 Å². The smallest absolute Gasteiger partial charge is 0.150 e. The highest BCUT2D eigenvalue weighted by Gasteiger charge is 2.14. The van der Waals surface area contributed by atoms with E-state index in [1.165, 1.54) is 16.0 Å². The molecule has 3 rings (SSSR count).